The molecule has 0 saturated heterocycles. The Kier molecular flexibility index (Phi) is 9.84. The Balaban J connectivity index is 1.23. The molecule has 1 heteroatoms. The molecule has 0 aliphatic heterocycles. The third-order valence-electron chi connectivity index (χ3n) is 8.64. The van der Waals surface area contributed by atoms with Gasteiger partial charge in [0, 0.05) is 0 Å². The van der Waals surface area contributed by atoms with Crippen LogP contribution in [-0.4, -0.2) is 6.67 Å². The second-order valence-corrected chi connectivity index (χ2v) is 11.0. The van der Waals surface area contributed by atoms with E-state index in [0.29, 0.717) is 0 Å². The van der Waals surface area contributed by atoms with Crippen LogP contribution < -0.4 is 0 Å². The molecule has 0 atom stereocenters. The van der Waals surface area contributed by atoms with Crippen molar-refractivity contribution in [1.82, 2.24) is 0 Å². The minimum Gasteiger partial charge on any atom is -0.251 e. The van der Waals surface area contributed by atoms with Gasteiger partial charge in [0.15, 0.2) is 0 Å². The lowest BCUT2D eigenvalue weighted by molar-refractivity contribution is 0.245. The summed E-state index contributed by atoms with van der Waals surface area (Å²) in [6.07, 6.45) is 21.0. The van der Waals surface area contributed by atoms with Gasteiger partial charge in [-0.1, -0.05) is 93.3 Å². The van der Waals surface area contributed by atoms with Gasteiger partial charge in [-0.25, -0.2) is 0 Å². The van der Waals surface area contributed by atoms with E-state index in [4.69, 9.17) is 0 Å². The van der Waals surface area contributed by atoms with Crippen molar-refractivity contribution < 1.29 is 4.39 Å². The minimum absolute atomic E-state index is 0.141. The van der Waals surface area contributed by atoms with Crippen LogP contribution in [0.1, 0.15) is 101 Å². The first kappa shape index (κ1) is 25.2. The Bertz CT molecular complexity index is 846. The second-order valence-electron chi connectivity index (χ2n) is 11.0. The summed E-state index contributed by atoms with van der Waals surface area (Å²) in [4.78, 5) is 0. The van der Waals surface area contributed by atoms with Gasteiger partial charge >= 0.3 is 0 Å². The monoisotopic (exact) mass is 460 g/mol. The zero-order valence-electron chi connectivity index (χ0n) is 21.4. The fourth-order valence-corrected chi connectivity index (χ4v) is 6.33. The van der Waals surface area contributed by atoms with E-state index in [1.54, 1.807) is 0 Å². The zero-order chi connectivity index (χ0) is 23.6. The fourth-order valence-electron chi connectivity index (χ4n) is 6.33. The molecule has 2 aliphatic rings. The molecule has 0 nitrogen and oxygen atoms in total. The number of alkyl halides is 1. The van der Waals surface area contributed by atoms with Gasteiger partial charge < -0.3 is 0 Å². The molecular weight excluding hydrogens is 415 g/mol. The lowest BCUT2D eigenvalue weighted by Crippen LogP contribution is -2.15. The summed E-state index contributed by atoms with van der Waals surface area (Å²) in [7, 11) is 0. The highest BCUT2D eigenvalue weighted by Gasteiger charge is 2.21. The van der Waals surface area contributed by atoms with Gasteiger partial charge in [0.1, 0.15) is 0 Å². The topological polar surface area (TPSA) is 0 Å². The standard InChI is InChI=1S/C33H45F/c1-2-3-5-26-13-17-30(18-14-26)32-21-23-33(24-22-32)31-19-15-29(16-20-31)12-11-28-9-7-27(8-10-28)6-4-25-34/h3,5,15-16,19-24,26-28,30H,2,4,6-14,17-18,25H2,1H3/b5-3+/t26-,27-,28-,30-. The summed E-state index contributed by atoms with van der Waals surface area (Å²) in [5.41, 5.74) is 5.66. The Morgan fingerprint density at radius 2 is 1.32 bits per heavy atom. The van der Waals surface area contributed by atoms with Crippen molar-refractivity contribution in [3.8, 4) is 11.1 Å². The molecule has 2 aromatic rings. The molecule has 0 unspecified atom stereocenters. The maximum absolute atomic E-state index is 12.4. The Morgan fingerprint density at radius 1 is 0.735 bits per heavy atom. The number of allylic oxidation sites excluding steroid dienone is 2. The van der Waals surface area contributed by atoms with Crippen molar-refractivity contribution >= 4 is 0 Å². The number of benzene rings is 2. The largest absolute Gasteiger partial charge is 0.251 e. The van der Waals surface area contributed by atoms with Crippen LogP contribution in [-0.2, 0) is 6.42 Å². The molecule has 34 heavy (non-hydrogen) atoms. The minimum atomic E-state index is -0.141. The first-order chi connectivity index (χ1) is 16.7. The van der Waals surface area contributed by atoms with Gasteiger partial charge in [-0.05, 0) is 104 Å². The highest BCUT2D eigenvalue weighted by Crippen LogP contribution is 2.37. The molecule has 0 amide bonds. The predicted octanol–water partition coefficient (Wildman–Crippen LogP) is 10.1. The van der Waals surface area contributed by atoms with Crippen LogP contribution in [0, 0.1) is 17.8 Å². The Morgan fingerprint density at radius 3 is 1.91 bits per heavy atom. The van der Waals surface area contributed by atoms with E-state index < -0.39 is 0 Å². The van der Waals surface area contributed by atoms with Crippen molar-refractivity contribution in [2.24, 2.45) is 17.8 Å². The van der Waals surface area contributed by atoms with Crippen LogP contribution >= 0.6 is 0 Å². The SMILES string of the molecule is CC/C=C/[C@H]1CC[C@H](c2ccc(-c3ccc(CC[C@H]4CC[C@H](CCCF)CC4)cc3)cc2)CC1. The van der Waals surface area contributed by atoms with Gasteiger partial charge in [0.25, 0.3) is 0 Å². The summed E-state index contributed by atoms with van der Waals surface area (Å²) in [6.45, 7) is 2.08. The maximum atomic E-state index is 12.4. The second kappa shape index (κ2) is 13.3. The average Bonchev–Trinajstić information content (AvgIpc) is 2.91. The molecule has 0 bridgehead atoms. The fraction of sp³-hybridized carbons (Fsp3) is 0.576. The molecule has 0 N–H and O–H groups in total. The lowest BCUT2D eigenvalue weighted by Gasteiger charge is -2.28. The van der Waals surface area contributed by atoms with E-state index in [-0.39, 0.29) is 6.67 Å². The van der Waals surface area contributed by atoms with E-state index in [0.717, 1.165) is 42.9 Å². The van der Waals surface area contributed by atoms with Gasteiger partial charge in [0.05, 0.1) is 6.67 Å². The van der Waals surface area contributed by atoms with E-state index in [1.165, 1.54) is 86.5 Å². The molecule has 2 fully saturated rings. The van der Waals surface area contributed by atoms with Crippen molar-refractivity contribution in [3.05, 3.63) is 71.8 Å². The van der Waals surface area contributed by atoms with Crippen molar-refractivity contribution in [2.45, 2.75) is 96.3 Å². The number of hydrogen-bond acceptors (Lipinski definition) is 0. The van der Waals surface area contributed by atoms with E-state index in [2.05, 4.69) is 67.6 Å². The molecule has 0 aromatic heterocycles. The van der Waals surface area contributed by atoms with Crippen LogP contribution in [0.4, 0.5) is 4.39 Å². The summed E-state index contributed by atoms with van der Waals surface area (Å²) in [6, 6.07) is 18.7. The highest BCUT2D eigenvalue weighted by atomic mass is 19.1. The Hall–Kier alpha value is -1.89. The van der Waals surface area contributed by atoms with E-state index in [9.17, 15) is 4.39 Å². The van der Waals surface area contributed by atoms with Crippen LogP contribution in [0.15, 0.2) is 60.7 Å². The summed E-state index contributed by atoms with van der Waals surface area (Å²) in [5, 5.41) is 0. The lowest BCUT2D eigenvalue weighted by atomic mass is 9.78. The van der Waals surface area contributed by atoms with Gasteiger partial charge in [-0.15, -0.1) is 0 Å². The van der Waals surface area contributed by atoms with Gasteiger partial charge in [-0.2, -0.15) is 0 Å². The van der Waals surface area contributed by atoms with Crippen molar-refractivity contribution in [3.63, 3.8) is 0 Å². The number of hydrogen-bond donors (Lipinski definition) is 0. The summed E-state index contributed by atoms with van der Waals surface area (Å²) >= 11 is 0. The van der Waals surface area contributed by atoms with Crippen LogP contribution in [0.5, 0.6) is 0 Å². The smallest absolute Gasteiger partial charge is 0.0894 e. The number of rotatable bonds is 10. The number of halogens is 1. The molecule has 4 rings (SSSR count). The third-order valence-corrected chi connectivity index (χ3v) is 8.64. The van der Waals surface area contributed by atoms with E-state index in [1.807, 2.05) is 0 Å². The quantitative estimate of drug-likeness (QED) is 0.309. The van der Waals surface area contributed by atoms with Crippen LogP contribution in [0.25, 0.3) is 11.1 Å². The molecule has 2 aliphatic carbocycles. The normalized spacial score (nSPS) is 25.6. The molecule has 2 saturated carbocycles. The third kappa shape index (κ3) is 7.30. The predicted molar refractivity (Wildman–Crippen MR) is 145 cm³/mol. The molecule has 0 spiro atoms. The molecule has 2 aromatic carbocycles. The summed E-state index contributed by atoms with van der Waals surface area (Å²) in [5.74, 6) is 3.19. The average molecular weight is 461 g/mol. The number of aryl methyl sites for hydroxylation is 1. The molecule has 0 heterocycles. The molecule has 184 valence electrons. The van der Waals surface area contributed by atoms with Crippen molar-refractivity contribution in [2.75, 3.05) is 6.67 Å². The van der Waals surface area contributed by atoms with Crippen LogP contribution in [0.2, 0.25) is 0 Å². The molecule has 0 radical (unpaired) electrons. The van der Waals surface area contributed by atoms with E-state index >= 15 is 0 Å². The van der Waals surface area contributed by atoms with Crippen LogP contribution in [0.3, 0.4) is 0 Å². The zero-order valence-corrected chi connectivity index (χ0v) is 21.4. The van der Waals surface area contributed by atoms with Gasteiger partial charge in [-0.3, -0.25) is 4.39 Å². The van der Waals surface area contributed by atoms with Gasteiger partial charge in [0.2, 0.25) is 0 Å². The summed E-state index contributed by atoms with van der Waals surface area (Å²) < 4.78 is 12.4. The first-order valence-electron chi connectivity index (χ1n) is 14.2. The first-order valence-corrected chi connectivity index (χ1v) is 14.2. The maximum Gasteiger partial charge on any atom is 0.0894 e. The van der Waals surface area contributed by atoms with Crippen molar-refractivity contribution in [1.29, 1.82) is 0 Å². The highest BCUT2D eigenvalue weighted by molar-refractivity contribution is 5.64. The Labute approximate surface area is 208 Å². The molecular formula is C33H45F.